The van der Waals surface area contributed by atoms with Gasteiger partial charge in [-0.05, 0) is 24.1 Å². The van der Waals surface area contributed by atoms with Crippen LogP contribution in [0.25, 0.3) is 0 Å². The molecule has 0 saturated carbocycles. The summed E-state index contributed by atoms with van der Waals surface area (Å²) in [5, 5.41) is 9.02. The lowest BCUT2D eigenvalue weighted by Gasteiger charge is -2.14. The van der Waals surface area contributed by atoms with Crippen molar-refractivity contribution in [2.24, 2.45) is 5.73 Å². The normalized spacial score (nSPS) is 12.1. The van der Waals surface area contributed by atoms with E-state index in [2.05, 4.69) is 17.5 Å². The molecule has 0 aliphatic rings. The molecule has 0 aliphatic carbocycles. The van der Waals surface area contributed by atoms with Crippen LogP contribution in [-0.2, 0) is 24.0 Å². The highest BCUT2D eigenvalue weighted by Crippen LogP contribution is 2.10. The third-order valence-electron chi connectivity index (χ3n) is 1.83. The monoisotopic (exact) mass is 211 g/mol. The second kappa shape index (κ2) is 4.88. The van der Waals surface area contributed by atoms with Gasteiger partial charge >= 0.3 is 0 Å². The summed E-state index contributed by atoms with van der Waals surface area (Å²) in [5.41, 5.74) is 6.44. The van der Waals surface area contributed by atoms with Gasteiger partial charge in [-0.25, -0.2) is 0 Å². The molecule has 0 saturated heterocycles. The van der Waals surface area contributed by atoms with E-state index in [1.165, 1.54) is 0 Å². The summed E-state index contributed by atoms with van der Waals surface area (Å²) in [4.78, 5) is 11.0. The zero-order valence-electron chi connectivity index (χ0n) is 7.43. The molecule has 5 heteroatoms. The van der Waals surface area contributed by atoms with E-state index in [1.54, 1.807) is 24.3 Å². The second-order valence-electron chi connectivity index (χ2n) is 2.94. The lowest BCUT2D eigenvalue weighted by atomic mass is 10.1. The van der Waals surface area contributed by atoms with Gasteiger partial charge in [0.05, 0.1) is 6.04 Å². The predicted molar refractivity (Wildman–Crippen MR) is 55.3 cm³/mol. The summed E-state index contributed by atoms with van der Waals surface area (Å²) in [6.07, 6.45) is 0.406. The topological polar surface area (TPSA) is 75.3 Å². The molecule has 1 aromatic carbocycles. The predicted octanol–water partition coefficient (Wildman–Crippen LogP) is -0.160. The number of rotatable bonds is 3. The van der Waals surface area contributed by atoms with Crippen molar-refractivity contribution < 1.29 is 9.90 Å². The van der Waals surface area contributed by atoms with Crippen molar-refractivity contribution in [3.8, 4) is 5.75 Å². The highest BCUT2D eigenvalue weighted by molar-refractivity contribution is 7.57. The zero-order valence-corrected chi connectivity index (χ0v) is 8.25. The maximum absolute atomic E-state index is 11.0. The molecule has 0 fully saturated rings. The molecule has 0 heterocycles. The maximum atomic E-state index is 11.0. The number of phenols is 1. The Morgan fingerprint density at radius 3 is 2.57 bits per heavy atom. The molecule has 4 N–H and O–H groups in total. The fraction of sp³-hybridized carbons (Fsp3) is 0.222. The van der Waals surface area contributed by atoms with Crippen LogP contribution in [0.3, 0.4) is 0 Å². The van der Waals surface area contributed by atoms with Crippen LogP contribution >= 0.6 is 0 Å². The number of phenolic OH excluding ortho intramolecular Hbond substituents is 1. The van der Waals surface area contributed by atoms with Crippen LogP contribution in [0.5, 0.6) is 5.75 Å². The van der Waals surface area contributed by atoms with E-state index in [4.69, 9.17) is 10.8 Å². The van der Waals surface area contributed by atoms with Crippen LogP contribution in [0.4, 0.5) is 0 Å². The van der Waals surface area contributed by atoms with E-state index in [0.717, 1.165) is 5.56 Å². The van der Waals surface area contributed by atoms with Gasteiger partial charge in [0.1, 0.15) is 5.75 Å². The molecule has 1 atom stereocenters. The minimum absolute atomic E-state index is 0.190. The van der Waals surface area contributed by atoms with Gasteiger partial charge in [0.2, 0.25) is 5.91 Å². The van der Waals surface area contributed by atoms with E-state index in [-0.39, 0.29) is 11.7 Å². The molecule has 4 nitrogen and oxygen atoms in total. The number of nitrogens with two attached hydrogens (primary N) is 1. The SMILES string of the molecule is N[C@@H](Cc1ccc(O)cc1)C(=O)N[S-]. The third kappa shape index (κ3) is 2.93. The van der Waals surface area contributed by atoms with Crippen LogP contribution < -0.4 is 10.5 Å². The fourth-order valence-electron chi connectivity index (χ4n) is 1.05. The van der Waals surface area contributed by atoms with Crippen molar-refractivity contribution in [3.63, 3.8) is 0 Å². The first-order valence-electron chi connectivity index (χ1n) is 4.09. The van der Waals surface area contributed by atoms with Gasteiger partial charge in [-0.2, -0.15) is 0 Å². The van der Waals surface area contributed by atoms with Crippen molar-refractivity contribution in [2.75, 3.05) is 0 Å². The Hall–Kier alpha value is -1.20. The zero-order chi connectivity index (χ0) is 10.6. The maximum Gasteiger partial charge on any atom is 0.215 e. The lowest BCUT2D eigenvalue weighted by Crippen LogP contribution is -2.39. The molecule has 0 aromatic heterocycles. The summed E-state index contributed by atoms with van der Waals surface area (Å²) in [6, 6.07) is 5.89. The summed E-state index contributed by atoms with van der Waals surface area (Å²) in [6.45, 7) is 0. The highest BCUT2D eigenvalue weighted by atomic mass is 32.1. The number of aromatic hydroxyl groups is 1. The van der Waals surface area contributed by atoms with Crippen molar-refractivity contribution in [1.29, 1.82) is 0 Å². The minimum Gasteiger partial charge on any atom is -0.668 e. The fourth-order valence-corrected chi connectivity index (χ4v) is 1.21. The van der Waals surface area contributed by atoms with Crippen molar-refractivity contribution in [1.82, 2.24) is 4.72 Å². The Kier molecular flexibility index (Phi) is 3.79. The highest BCUT2D eigenvalue weighted by Gasteiger charge is 2.09. The van der Waals surface area contributed by atoms with Gasteiger partial charge in [-0.3, -0.25) is 4.79 Å². The molecule has 1 aromatic rings. The number of hydrogen-bond acceptors (Lipinski definition) is 4. The number of amides is 1. The van der Waals surface area contributed by atoms with E-state index in [9.17, 15) is 4.79 Å². The molecular formula is C9H11N2O2S-. The van der Waals surface area contributed by atoms with Crippen LogP contribution in [0, 0.1) is 0 Å². The van der Waals surface area contributed by atoms with Crippen molar-refractivity contribution >= 4 is 18.7 Å². The first-order chi connectivity index (χ1) is 6.63. The van der Waals surface area contributed by atoms with Gasteiger partial charge in [0.25, 0.3) is 0 Å². The first-order valence-corrected chi connectivity index (χ1v) is 4.50. The van der Waals surface area contributed by atoms with Gasteiger partial charge in [0, 0.05) is 0 Å². The molecule has 14 heavy (non-hydrogen) atoms. The molecular weight excluding hydrogens is 200 g/mol. The van der Waals surface area contributed by atoms with Crippen molar-refractivity contribution in [2.45, 2.75) is 12.5 Å². The molecule has 1 amide bonds. The van der Waals surface area contributed by atoms with E-state index < -0.39 is 6.04 Å². The Labute approximate surface area is 87.7 Å². The Balaban J connectivity index is 2.60. The summed E-state index contributed by atoms with van der Waals surface area (Å²) in [7, 11) is 0. The lowest BCUT2D eigenvalue weighted by molar-refractivity contribution is -0.120. The van der Waals surface area contributed by atoms with E-state index >= 15 is 0 Å². The molecule has 0 unspecified atom stereocenters. The first kappa shape index (κ1) is 10.9. The largest absolute Gasteiger partial charge is 0.668 e. The number of carbonyl (C=O) groups is 1. The van der Waals surface area contributed by atoms with Gasteiger partial charge in [0.15, 0.2) is 0 Å². The molecule has 76 valence electrons. The Morgan fingerprint density at radius 2 is 2.07 bits per heavy atom. The number of carbonyl (C=O) groups excluding carboxylic acids is 1. The van der Waals surface area contributed by atoms with Crippen LogP contribution in [-0.4, -0.2) is 17.1 Å². The molecule has 1 rings (SSSR count). The van der Waals surface area contributed by atoms with Crippen LogP contribution in [0.1, 0.15) is 5.56 Å². The summed E-state index contributed by atoms with van der Waals surface area (Å²) in [5.74, 6) is -0.178. The Bertz CT molecular complexity index is 313. The van der Waals surface area contributed by atoms with Gasteiger partial charge < -0.3 is 28.4 Å². The summed E-state index contributed by atoms with van der Waals surface area (Å²) < 4.78 is 2.07. The molecule has 0 aliphatic heterocycles. The van der Waals surface area contributed by atoms with E-state index in [0.29, 0.717) is 6.42 Å². The third-order valence-corrected chi connectivity index (χ3v) is 2.03. The number of nitrogens with one attached hydrogen (secondary N) is 1. The Morgan fingerprint density at radius 1 is 1.50 bits per heavy atom. The smallest absolute Gasteiger partial charge is 0.215 e. The molecule has 0 spiro atoms. The standard InChI is InChI=1S/C9H11N2O2S/c10-8(9(13)11-14)5-6-1-3-7(12)4-2-6/h1-4,8H,5,10H2,(H2-,11,12,13,14)/q-1/t8-/m0/s1. The molecule has 0 bridgehead atoms. The van der Waals surface area contributed by atoms with Crippen LogP contribution in [0.2, 0.25) is 0 Å². The second-order valence-corrected chi connectivity index (χ2v) is 3.15. The average molecular weight is 211 g/mol. The van der Waals surface area contributed by atoms with Gasteiger partial charge in [-0.1, -0.05) is 12.1 Å². The van der Waals surface area contributed by atoms with Crippen LogP contribution in [0.15, 0.2) is 24.3 Å². The van der Waals surface area contributed by atoms with Crippen molar-refractivity contribution in [3.05, 3.63) is 29.8 Å². The average Bonchev–Trinajstić information content (AvgIpc) is 2.20. The van der Waals surface area contributed by atoms with Gasteiger partial charge in [-0.15, -0.1) is 0 Å². The summed E-state index contributed by atoms with van der Waals surface area (Å²) >= 11 is 4.37. The minimum atomic E-state index is -0.642. The van der Waals surface area contributed by atoms with E-state index in [1.807, 2.05) is 0 Å². The number of hydrogen-bond donors (Lipinski definition) is 3. The quantitative estimate of drug-likeness (QED) is 0.607. The number of benzene rings is 1. The molecule has 0 radical (unpaired) electrons.